The lowest BCUT2D eigenvalue weighted by Crippen LogP contribution is -2.66. The van der Waals surface area contributed by atoms with Crippen molar-refractivity contribution in [2.75, 3.05) is 6.61 Å². The summed E-state index contributed by atoms with van der Waals surface area (Å²) in [4.78, 5) is 39.6. The Morgan fingerprint density at radius 1 is 0.975 bits per heavy atom. The van der Waals surface area contributed by atoms with Gasteiger partial charge in [0.15, 0.2) is 12.4 Å². The monoisotopic (exact) mass is 550 g/mol. The second kappa shape index (κ2) is 9.20. The van der Waals surface area contributed by atoms with Crippen LogP contribution in [0.15, 0.2) is 11.6 Å². The lowest BCUT2D eigenvalue weighted by Gasteiger charge is -2.70. The van der Waals surface area contributed by atoms with E-state index in [1.807, 2.05) is 13.0 Å². The fraction of sp³-hybridized carbons (Fsp3) is 0.800. The first-order valence-corrected chi connectivity index (χ1v) is 15.5. The highest BCUT2D eigenvalue weighted by Gasteiger charge is 2.70. The third-order valence-electron chi connectivity index (χ3n) is 13.6. The van der Waals surface area contributed by atoms with E-state index < -0.39 is 5.41 Å². The van der Waals surface area contributed by atoms with E-state index in [1.165, 1.54) is 12.5 Å². The number of ketones is 1. The van der Waals surface area contributed by atoms with Crippen LogP contribution in [0.2, 0.25) is 0 Å². The smallest absolute Gasteiger partial charge is 0.312 e. The van der Waals surface area contributed by atoms with Gasteiger partial charge in [0.2, 0.25) is 0 Å². The Kier molecular flexibility index (Phi) is 6.77. The van der Waals surface area contributed by atoms with Crippen molar-refractivity contribution < 1.29 is 23.9 Å². The molecule has 4 saturated carbocycles. The lowest BCUT2D eigenvalue weighted by molar-refractivity contribution is -0.210. The topological polar surface area (TPSA) is 69.7 Å². The Bertz CT molecular complexity index is 1190. The van der Waals surface area contributed by atoms with Gasteiger partial charge in [0, 0.05) is 18.3 Å². The standard InChI is InChI=1S/C35H50O5/c1-10-19-39-29(38)32(6)16-15-31(5)17-18-34(8)23(24(31)21-32)20-25(37)28-33(7)13-12-27(40-22(2)36)30(3,4)26(33)11-14-35(28,34)9/h1,20,24,26-28H,11-19,21H2,2-9H3/t24-,26+,27+,28-,31-,32-,33-,34-,35+/m1/s1. The van der Waals surface area contributed by atoms with E-state index in [4.69, 9.17) is 15.9 Å². The van der Waals surface area contributed by atoms with Crippen molar-refractivity contribution in [2.45, 2.75) is 119 Å². The Balaban J connectivity index is 1.54. The molecule has 0 aromatic heterocycles. The van der Waals surface area contributed by atoms with Gasteiger partial charge in [-0.1, -0.05) is 53.0 Å². The minimum atomic E-state index is -0.594. The van der Waals surface area contributed by atoms with Crippen molar-refractivity contribution in [1.82, 2.24) is 0 Å². The van der Waals surface area contributed by atoms with E-state index in [0.717, 1.165) is 51.4 Å². The van der Waals surface area contributed by atoms with Gasteiger partial charge in [0.05, 0.1) is 5.41 Å². The molecule has 5 rings (SSSR count). The maximum atomic E-state index is 14.5. The van der Waals surface area contributed by atoms with Gasteiger partial charge in [0.1, 0.15) is 6.10 Å². The second-order valence-electron chi connectivity index (χ2n) is 16.0. The molecule has 5 nitrogen and oxygen atoms in total. The van der Waals surface area contributed by atoms with Crippen LogP contribution in [0.1, 0.15) is 113 Å². The average molecular weight is 551 g/mol. The van der Waals surface area contributed by atoms with Crippen LogP contribution in [0.25, 0.3) is 0 Å². The molecule has 0 spiro atoms. The molecule has 5 aliphatic rings. The molecular weight excluding hydrogens is 500 g/mol. The number of fused-ring (bicyclic) bond motifs is 7. The number of hydrogen-bond donors (Lipinski definition) is 0. The van der Waals surface area contributed by atoms with Crippen molar-refractivity contribution in [3.8, 4) is 12.3 Å². The third kappa shape index (κ3) is 3.90. The Labute approximate surface area is 241 Å². The molecule has 5 aliphatic carbocycles. The molecular formula is C35H50O5. The van der Waals surface area contributed by atoms with Gasteiger partial charge in [-0.15, -0.1) is 6.42 Å². The summed E-state index contributed by atoms with van der Waals surface area (Å²) in [5.74, 6) is 2.70. The predicted octanol–water partition coefficient (Wildman–Crippen LogP) is 7.08. The van der Waals surface area contributed by atoms with Gasteiger partial charge in [-0.2, -0.15) is 0 Å². The molecule has 0 N–H and O–H groups in total. The van der Waals surface area contributed by atoms with Gasteiger partial charge >= 0.3 is 11.9 Å². The molecule has 5 heteroatoms. The predicted molar refractivity (Wildman–Crippen MR) is 155 cm³/mol. The number of terminal acetylenes is 1. The van der Waals surface area contributed by atoms with Crippen molar-refractivity contribution in [2.24, 2.45) is 50.2 Å². The van der Waals surface area contributed by atoms with E-state index in [2.05, 4.69) is 47.5 Å². The molecule has 0 bridgehead atoms. The zero-order valence-electron chi connectivity index (χ0n) is 26.1. The van der Waals surface area contributed by atoms with E-state index >= 15 is 0 Å². The van der Waals surface area contributed by atoms with Gasteiger partial charge in [-0.25, -0.2) is 0 Å². The Morgan fingerprint density at radius 2 is 1.65 bits per heavy atom. The third-order valence-corrected chi connectivity index (χ3v) is 13.6. The number of allylic oxidation sites excluding steroid dienone is 2. The highest BCUT2D eigenvalue weighted by molar-refractivity contribution is 5.95. The van der Waals surface area contributed by atoms with Crippen LogP contribution in [0.5, 0.6) is 0 Å². The molecule has 9 atom stereocenters. The molecule has 0 unspecified atom stereocenters. The highest BCUT2D eigenvalue weighted by atomic mass is 16.5. The molecule has 0 saturated heterocycles. The number of rotatable bonds is 3. The maximum Gasteiger partial charge on any atom is 0.312 e. The normalized spacial score (nSPS) is 47.3. The summed E-state index contributed by atoms with van der Waals surface area (Å²) in [7, 11) is 0. The van der Waals surface area contributed by atoms with Crippen LogP contribution < -0.4 is 0 Å². The first-order chi connectivity index (χ1) is 18.5. The number of esters is 2. The molecule has 0 amide bonds. The minimum absolute atomic E-state index is 0.00339. The Hall–Kier alpha value is -2.09. The molecule has 4 fully saturated rings. The summed E-state index contributed by atoms with van der Waals surface area (Å²) in [5, 5.41) is 0. The van der Waals surface area contributed by atoms with Crippen molar-refractivity contribution in [1.29, 1.82) is 0 Å². The molecule has 0 heterocycles. The highest BCUT2D eigenvalue weighted by Crippen LogP contribution is 2.75. The zero-order chi connectivity index (χ0) is 29.5. The molecule has 0 aromatic rings. The van der Waals surface area contributed by atoms with E-state index in [1.54, 1.807) is 0 Å². The van der Waals surface area contributed by atoms with Crippen molar-refractivity contribution in [3.05, 3.63) is 11.6 Å². The van der Waals surface area contributed by atoms with E-state index in [0.29, 0.717) is 12.3 Å². The van der Waals surface area contributed by atoms with Crippen LogP contribution in [-0.2, 0) is 23.9 Å². The van der Waals surface area contributed by atoms with Crippen molar-refractivity contribution in [3.63, 3.8) is 0 Å². The van der Waals surface area contributed by atoms with E-state index in [-0.39, 0.29) is 69.3 Å². The first kappa shape index (κ1) is 29.4. The number of carbonyl (C=O) groups excluding carboxylic acids is 3. The van der Waals surface area contributed by atoms with Gasteiger partial charge in [0.25, 0.3) is 0 Å². The molecule has 220 valence electrons. The minimum Gasteiger partial charge on any atom is -0.462 e. The Morgan fingerprint density at radius 3 is 2.30 bits per heavy atom. The zero-order valence-corrected chi connectivity index (χ0v) is 26.1. The number of ether oxygens (including phenoxy) is 2. The van der Waals surface area contributed by atoms with Crippen LogP contribution in [0.3, 0.4) is 0 Å². The fourth-order valence-corrected chi connectivity index (χ4v) is 11.0. The molecule has 0 aliphatic heterocycles. The summed E-state index contributed by atoms with van der Waals surface area (Å²) < 4.78 is 11.3. The van der Waals surface area contributed by atoms with Crippen LogP contribution in [0.4, 0.5) is 0 Å². The number of hydrogen-bond acceptors (Lipinski definition) is 5. The van der Waals surface area contributed by atoms with Crippen LogP contribution in [0, 0.1) is 62.6 Å². The summed E-state index contributed by atoms with van der Waals surface area (Å²) in [6.07, 6.45) is 15.7. The molecule has 40 heavy (non-hydrogen) atoms. The fourth-order valence-electron chi connectivity index (χ4n) is 11.0. The molecule has 0 aromatic carbocycles. The largest absolute Gasteiger partial charge is 0.462 e. The van der Waals surface area contributed by atoms with Gasteiger partial charge in [-0.05, 0) is 104 Å². The first-order valence-electron chi connectivity index (χ1n) is 15.5. The lowest BCUT2D eigenvalue weighted by atomic mass is 9.33. The second-order valence-corrected chi connectivity index (χ2v) is 16.0. The summed E-state index contributed by atoms with van der Waals surface area (Å²) in [6, 6.07) is 0. The van der Waals surface area contributed by atoms with Crippen LogP contribution in [-0.4, -0.2) is 30.4 Å². The van der Waals surface area contributed by atoms with Crippen molar-refractivity contribution >= 4 is 17.7 Å². The summed E-state index contributed by atoms with van der Waals surface area (Å²) in [6.45, 7) is 17.6. The summed E-state index contributed by atoms with van der Waals surface area (Å²) >= 11 is 0. The van der Waals surface area contributed by atoms with Gasteiger partial charge < -0.3 is 9.47 Å². The SMILES string of the molecule is C#CCOC(=O)[C@]1(C)CC[C@]2(C)CC[C@]3(C)C(=CC(=O)[C@@H]4[C@]5(C)CC[C@H](OC(C)=O)C(C)(C)[C@@H]5CC[C@@]43C)[C@H]2C1. The number of carbonyl (C=O) groups is 3. The van der Waals surface area contributed by atoms with Gasteiger partial charge in [-0.3, -0.25) is 14.4 Å². The quantitative estimate of drug-likeness (QED) is 0.278. The van der Waals surface area contributed by atoms with Crippen LogP contribution >= 0.6 is 0 Å². The maximum absolute atomic E-state index is 14.5. The van der Waals surface area contributed by atoms with E-state index in [9.17, 15) is 14.4 Å². The summed E-state index contributed by atoms with van der Waals surface area (Å²) in [5.41, 5.74) is 0.145. The molecule has 0 radical (unpaired) electrons. The average Bonchev–Trinajstić information content (AvgIpc) is 2.86.